The number of thiazole rings is 1. The summed E-state index contributed by atoms with van der Waals surface area (Å²) in [7, 11) is 0. The number of hydrogen-bond donors (Lipinski definition) is 2. The van der Waals surface area contributed by atoms with Crippen LogP contribution < -0.4 is 10.9 Å². The molecule has 0 radical (unpaired) electrons. The van der Waals surface area contributed by atoms with Crippen molar-refractivity contribution in [3.63, 3.8) is 0 Å². The summed E-state index contributed by atoms with van der Waals surface area (Å²) in [5.41, 5.74) is 1.04. The standard InChI is InChI=1S/C25H17ClFN5O4S2/c26-21-6-5-15(38-21)10-29-22-9-18(30-32(22)25(36)16-3-1-2-4-17(16)27)14-7-23(34)31(24(35)8-14)12-19(33)20-11-28-13-37-20/h1-9,11,13,29,34H,10,12H2. The van der Waals surface area contributed by atoms with Gasteiger partial charge >= 0.3 is 0 Å². The number of nitrogens with zero attached hydrogens (tertiary/aromatic N) is 4. The Morgan fingerprint density at radius 1 is 1.13 bits per heavy atom. The molecule has 0 aliphatic carbocycles. The lowest BCUT2D eigenvalue weighted by molar-refractivity contribution is 0.0941. The van der Waals surface area contributed by atoms with Crippen LogP contribution in [0.4, 0.5) is 10.2 Å². The zero-order valence-corrected chi connectivity index (χ0v) is 21.7. The Morgan fingerprint density at radius 3 is 2.63 bits per heavy atom. The fraction of sp³-hybridized carbons (Fsp3) is 0.0800. The molecule has 0 spiro atoms. The normalized spacial score (nSPS) is 11.0. The number of anilines is 1. The number of nitrogens with one attached hydrogen (secondary N) is 1. The molecule has 4 heterocycles. The molecule has 0 fully saturated rings. The van der Waals surface area contributed by atoms with Gasteiger partial charge in [0.1, 0.15) is 11.6 Å². The highest BCUT2D eigenvalue weighted by Crippen LogP contribution is 2.27. The Hall–Kier alpha value is -4.13. The van der Waals surface area contributed by atoms with Crippen molar-refractivity contribution in [2.45, 2.75) is 13.1 Å². The van der Waals surface area contributed by atoms with Gasteiger partial charge in [0.2, 0.25) is 0 Å². The van der Waals surface area contributed by atoms with Crippen molar-refractivity contribution in [2.24, 2.45) is 0 Å². The van der Waals surface area contributed by atoms with Gasteiger partial charge in [0.15, 0.2) is 11.7 Å². The SMILES string of the molecule is O=C(Cn1c(O)cc(-c2cc(NCc3ccc(Cl)s3)n(C(=O)c3ccccc3F)n2)cc1=O)c1cncs1. The van der Waals surface area contributed by atoms with Crippen LogP contribution in [-0.2, 0) is 13.1 Å². The van der Waals surface area contributed by atoms with Crippen LogP contribution in [0.5, 0.6) is 5.88 Å². The van der Waals surface area contributed by atoms with Gasteiger partial charge in [0, 0.05) is 34.8 Å². The average molecular weight is 570 g/mol. The summed E-state index contributed by atoms with van der Waals surface area (Å²) in [4.78, 5) is 43.5. The van der Waals surface area contributed by atoms with Gasteiger partial charge in [-0.15, -0.1) is 22.7 Å². The van der Waals surface area contributed by atoms with E-state index >= 15 is 0 Å². The van der Waals surface area contributed by atoms with Crippen LogP contribution in [0.1, 0.15) is 24.9 Å². The average Bonchev–Trinajstić information content (AvgIpc) is 3.66. The Kier molecular flexibility index (Phi) is 7.18. The molecule has 5 rings (SSSR count). The van der Waals surface area contributed by atoms with Gasteiger partial charge in [-0.3, -0.25) is 23.9 Å². The summed E-state index contributed by atoms with van der Waals surface area (Å²) in [6.45, 7) is -0.0663. The zero-order valence-electron chi connectivity index (χ0n) is 19.3. The summed E-state index contributed by atoms with van der Waals surface area (Å²) in [6.07, 6.45) is 1.39. The Labute approximate surface area is 227 Å². The van der Waals surface area contributed by atoms with Crippen LogP contribution in [0.25, 0.3) is 11.3 Å². The van der Waals surface area contributed by atoms with E-state index in [1.807, 2.05) is 6.07 Å². The molecule has 192 valence electrons. The largest absolute Gasteiger partial charge is 0.494 e. The molecule has 0 saturated heterocycles. The van der Waals surface area contributed by atoms with Crippen molar-refractivity contribution in [1.82, 2.24) is 19.3 Å². The van der Waals surface area contributed by atoms with Gasteiger partial charge in [-0.05, 0) is 24.3 Å². The third kappa shape index (κ3) is 5.28. The maximum Gasteiger partial charge on any atom is 0.283 e. The number of thiophene rings is 1. The third-order valence-electron chi connectivity index (χ3n) is 5.49. The minimum Gasteiger partial charge on any atom is -0.494 e. The lowest BCUT2D eigenvalue weighted by atomic mass is 10.2. The Morgan fingerprint density at radius 2 is 1.95 bits per heavy atom. The van der Waals surface area contributed by atoms with Crippen LogP contribution in [-0.4, -0.2) is 36.1 Å². The molecular weight excluding hydrogens is 553 g/mol. The fourth-order valence-electron chi connectivity index (χ4n) is 3.64. The summed E-state index contributed by atoms with van der Waals surface area (Å²) in [5, 5.41) is 18.0. The number of carbonyl (C=O) groups excluding carboxylic acids is 2. The molecular formula is C25H17ClFN5O4S2. The van der Waals surface area contributed by atoms with Crippen molar-refractivity contribution in [1.29, 1.82) is 0 Å². The second-order valence-electron chi connectivity index (χ2n) is 7.99. The van der Waals surface area contributed by atoms with E-state index in [-0.39, 0.29) is 35.0 Å². The lowest BCUT2D eigenvalue weighted by Gasteiger charge is -2.08. The fourth-order valence-corrected chi connectivity index (χ4v) is 5.22. The first-order chi connectivity index (χ1) is 18.3. The summed E-state index contributed by atoms with van der Waals surface area (Å²) >= 11 is 8.49. The van der Waals surface area contributed by atoms with Gasteiger partial charge in [-0.1, -0.05) is 23.7 Å². The van der Waals surface area contributed by atoms with Crippen molar-refractivity contribution >= 4 is 51.8 Å². The maximum absolute atomic E-state index is 14.4. The van der Waals surface area contributed by atoms with E-state index in [0.29, 0.717) is 15.8 Å². The highest BCUT2D eigenvalue weighted by Gasteiger charge is 2.21. The van der Waals surface area contributed by atoms with E-state index in [4.69, 9.17) is 11.6 Å². The highest BCUT2D eigenvalue weighted by atomic mass is 35.5. The molecule has 1 aromatic carbocycles. The predicted molar refractivity (Wildman–Crippen MR) is 143 cm³/mol. The van der Waals surface area contributed by atoms with Crippen molar-refractivity contribution in [3.8, 4) is 17.1 Å². The molecule has 13 heteroatoms. The molecule has 0 atom stereocenters. The number of carbonyl (C=O) groups is 2. The van der Waals surface area contributed by atoms with Crippen molar-refractivity contribution in [2.75, 3.05) is 5.32 Å². The smallest absolute Gasteiger partial charge is 0.283 e. The number of benzene rings is 1. The number of hydrogen-bond acceptors (Lipinski definition) is 9. The first kappa shape index (κ1) is 25.5. The van der Waals surface area contributed by atoms with E-state index in [1.54, 1.807) is 6.07 Å². The summed E-state index contributed by atoms with van der Waals surface area (Å²) in [5.74, 6) is -2.03. The second kappa shape index (κ2) is 10.7. The minimum atomic E-state index is -0.728. The molecule has 0 saturated carbocycles. The molecule has 0 aliphatic heterocycles. The molecule has 0 unspecified atom stereocenters. The number of halogens is 2. The molecule has 9 nitrogen and oxygen atoms in total. The van der Waals surface area contributed by atoms with Crippen LogP contribution in [0.2, 0.25) is 4.34 Å². The van der Waals surface area contributed by atoms with E-state index in [2.05, 4.69) is 15.4 Å². The Balaban J connectivity index is 1.50. The van der Waals surface area contributed by atoms with Crippen LogP contribution in [0.3, 0.4) is 0 Å². The van der Waals surface area contributed by atoms with Crippen molar-refractivity contribution in [3.05, 3.63) is 102 Å². The lowest BCUT2D eigenvalue weighted by Crippen LogP contribution is -2.23. The Bertz CT molecular complexity index is 1710. The van der Waals surface area contributed by atoms with Crippen LogP contribution >= 0.6 is 34.3 Å². The zero-order chi connectivity index (χ0) is 26.8. The number of rotatable bonds is 8. The van der Waals surface area contributed by atoms with Gasteiger partial charge in [0.25, 0.3) is 11.5 Å². The first-order valence-corrected chi connectivity index (χ1v) is 13.1. The topological polar surface area (TPSA) is 119 Å². The molecule has 5 aromatic rings. The quantitative estimate of drug-likeness (QED) is 0.255. The molecule has 0 aliphatic rings. The minimum absolute atomic E-state index is 0.176. The second-order valence-corrected chi connectivity index (χ2v) is 10.7. The monoisotopic (exact) mass is 569 g/mol. The first-order valence-electron chi connectivity index (χ1n) is 11.0. The van der Waals surface area contributed by atoms with E-state index in [1.165, 1.54) is 65.5 Å². The van der Waals surface area contributed by atoms with E-state index in [0.717, 1.165) is 25.5 Å². The summed E-state index contributed by atoms with van der Waals surface area (Å²) in [6, 6.07) is 13.1. The number of ketones is 1. The van der Waals surface area contributed by atoms with Crippen molar-refractivity contribution < 1.29 is 19.1 Å². The molecule has 4 aromatic heterocycles. The van der Waals surface area contributed by atoms with Gasteiger partial charge < -0.3 is 10.4 Å². The molecule has 2 N–H and O–H groups in total. The molecule has 38 heavy (non-hydrogen) atoms. The number of pyridine rings is 1. The maximum atomic E-state index is 14.4. The number of Topliss-reactive ketones (excluding diaryl/α,β-unsaturated/α-hetero) is 1. The van der Waals surface area contributed by atoms with Crippen LogP contribution in [0.15, 0.2) is 71.1 Å². The van der Waals surface area contributed by atoms with E-state index < -0.39 is 23.2 Å². The summed E-state index contributed by atoms with van der Waals surface area (Å²) < 4.78 is 16.9. The third-order valence-corrected chi connectivity index (χ3v) is 7.53. The number of aromatic hydroxyl groups is 1. The van der Waals surface area contributed by atoms with Gasteiger partial charge in [0.05, 0.1) is 39.1 Å². The van der Waals surface area contributed by atoms with E-state index in [9.17, 15) is 23.9 Å². The van der Waals surface area contributed by atoms with Crippen LogP contribution in [0, 0.1) is 5.82 Å². The van der Waals surface area contributed by atoms with Gasteiger partial charge in [-0.25, -0.2) is 4.39 Å². The molecule has 0 amide bonds. The molecule has 0 bridgehead atoms. The van der Waals surface area contributed by atoms with Gasteiger partial charge in [-0.2, -0.15) is 9.78 Å². The number of aromatic nitrogens is 4. The predicted octanol–water partition coefficient (Wildman–Crippen LogP) is 4.91. The highest BCUT2D eigenvalue weighted by molar-refractivity contribution is 7.16.